The molecule has 2 aromatic carbocycles. The Hall–Kier alpha value is -2.17. The van der Waals surface area contributed by atoms with Crippen LogP contribution in [-0.2, 0) is 6.18 Å². The van der Waals surface area contributed by atoms with Gasteiger partial charge in [0, 0.05) is 11.1 Å². The molecule has 2 aromatic rings. The number of aryl methyl sites for hydroxylation is 1. The van der Waals surface area contributed by atoms with E-state index in [2.05, 4.69) is 0 Å². The highest BCUT2D eigenvalue weighted by Gasteiger charge is 2.30. The molecule has 0 saturated carbocycles. The maximum atomic E-state index is 13.1. The molecule has 0 amide bonds. The Morgan fingerprint density at radius 2 is 1.60 bits per heavy atom. The van der Waals surface area contributed by atoms with E-state index in [0.717, 1.165) is 30.3 Å². The van der Waals surface area contributed by atoms with Gasteiger partial charge in [-0.1, -0.05) is 18.2 Å². The molecule has 0 bridgehead atoms. The fourth-order valence-corrected chi connectivity index (χ4v) is 1.80. The summed E-state index contributed by atoms with van der Waals surface area (Å²) in [5.41, 5.74) is -0.0298. The lowest BCUT2D eigenvalue weighted by Gasteiger charge is -2.08. The largest absolute Gasteiger partial charge is 0.416 e. The monoisotopic (exact) mass is 282 g/mol. The molecule has 0 aromatic heterocycles. The highest BCUT2D eigenvalue weighted by molar-refractivity contribution is 6.09. The number of halogens is 4. The van der Waals surface area contributed by atoms with E-state index in [4.69, 9.17) is 0 Å². The van der Waals surface area contributed by atoms with Crippen LogP contribution in [0.25, 0.3) is 0 Å². The molecule has 0 spiro atoms. The van der Waals surface area contributed by atoms with E-state index >= 15 is 0 Å². The van der Waals surface area contributed by atoms with Crippen molar-refractivity contribution in [1.29, 1.82) is 0 Å². The molecule has 0 heterocycles. The van der Waals surface area contributed by atoms with Crippen LogP contribution in [0.5, 0.6) is 0 Å². The van der Waals surface area contributed by atoms with Crippen molar-refractivity contribution in [1.82, 2.24) is 0 Å². The molecule has 0 unspecified atom stereocenters. The van der Waals surface area contributed by atoms with Crippen LogP contribution in [0.15, 0.2) is 42.5 Å². The summed E-state index contributed by atoms with van der Waals surface area (Å²) in [6, 6.07) is 7.61. The zero-order valence-electron chi connectivity index (χ0n) is 10.5. The van der Waals surface area contributed by atoms with Crippen LogP contribution >= 0.6 is 0 Å². The van der Waals surface area contributed by atoms with Gasteiger partial charge in [0.15, 0.2) is 5.78 Å². The predicted molar refractivity (Wildman–Crippen MR) is 66.0 cm³/mol. The Kier molecular flexibility index (Phi) is 3.61. The molecule has 20 heavy (non-hydrogen) atoms. The maximum Gasteiger partial charge on any atom is 0.416 e. The fraction of sp³-hybridized carbons (Fsp3) is 0.133. The number of hydrogen-bond acceptors (Lipinski definition) is 1. The van der Waals surface area contributed by atoms with Crippen molar-refractivity contribution in [3.63, 3.8) is 0 Å². The molecule has 0 aliphatic carbocycles. The van der Waals surface area contributed by atoms with Gasteiger partial charge in [-0.2, -0.15) is 13.2 Å². The van der Waals surface area contributed by atoms with Gasteiger partial charge < -0.3 is 0 Å². The molecular formula is C15H10F4O. The molecule has 0 aliphatic heterocycles. The second kappa shape index (κ2) is 5.07. The van der Waals surface area contributed by atoms with Gasteiger partial charge in [-0.15, -0.1) is 0 Å². The van der Waals surface area contributed by atoms with Crippen LogP contribution in [-0.4, -0.2) is 5.78 Å². The van der Waals surface area contributed by atoms with Crippen LogP contribution < -0.4 is 0 Å². The molecule has 0 atom stereocenters. The SMILES string of the molecule is Cc1ccc(F)cc1C(=O)c1ccc(C(F)(F)F)cc1. The van der Waals surface area contributed by atoms with Gasteiger partial charge in [0.25, 0.3) is 0 Å². The second-order valence-corrected chi connectivity index (χ2v) is 4.36. The first-order chi connectivity index (χ1) is 9.29. The van der Waals surface area contributed by atoms with Crippen LogP contribution in [0.2, 0.25) is 0 Å². The van der Waals surface area contributed by atoms with Gasteiger partial charge >= 0.3 is 6.18 Å². The summed E-state index contributed by atoms with van der Waals surface area (Å²) in [5, 5.41) is 0. The summed E-state index contributed by atoms with van der Waals surface area (Å²) in [7, 11) is 0. The topological polar surface area (TPSA) is 17.1 Å². The third kappa shape index (κ3) is 2.87. The van der Waals surface area contributed by atoms with Crippen molar-refractivity contribution in [2.24, 2.45) is 0 Å². The Morgan fingerprint density at radius 3 is 2.15 bits per heavy atom. The minimum atomic E-state index is -4.45. The first-order valence-electron chi connectivity index (χ1n) is 5.77. The Labute approximate surface area is 112 Å². The van der Waals surface area contributed by atoms with Crippen LogP contribution in [0.3, 0.4) is 0 Å². The quantitative estimate of drug-likeness (QED) is 0.590. The molecular weight excluding hydrogens is 272 g/mol. The van der Waals surface area contributed by atoms with E-state index in [1.807, 2.05) is 0 Å². The Balaban J connectivity index is 2.37. The van der Waals surface area contributed by atoms with Crippen molar-refractivity contribution in [3.05, 3.63) is 70.5 Å². The first kappa shape index (κ1) is 14.2. The molecule has 2 rings (SSSR count). The first-order valence-corrected chi connectivity index (χ1v) is 5.77. The number of hydrogen-bond donors (Lipinski definition) is 0. The van der Waals surface area contributed by atoms with Gasteiger partial charge in [-0.05, 0) is 36.8 Å². The number of alkyl halides is 3. The maximum absolute atomic E-state index is 13.1. The van der Waals surface area contributed by atoms with Crippen molar-refractivity contribution in [2.45, 2.75) is 13.1 Å². The number of carbonyl (C=O) groups excluding carboxylic acids is 1. The molecule has 0 N–H and O–H groups in total. The van der Waals surface area contributed by atoms with E-state index in [1.54, 1.807) is 6.92 Å². The van der Waals surface area contributed by atoms with Gasteiger partial charge in [-0.3, -0.25) is 4.79 Å². The third-order valence-corrected chi connectivity index (χ3v) is 2.92. The fourth-order valence-electron chi connectivity index (χ4n) is 1.80. The number of ketones is 1. The van der Waals surface area contributed by atoms with Gasteiger partial charge in [0.2, 0.25) is 0 Å². The zero-order valence-corrected chi connectivity index (χ0v) is 10.5. The minimum absolute atomic E-state index is 0.0895. The average Bonchev–Trinajstić information content (AvgIpc) is 2.40. The Morgan fingerprint density at radius 1 is 1.00 bits per heavy atom. The van der Waals surface area contributed by atoms with Gasteiger partial charge in [0.05, 0.1) is 5.56 Å². The third-order valence-electron chi connectivity index (χ3n) is 2.92. The van der Waals surface area contributed by atoms with Crippen molar-refractivity contribution in [2.75, 3.05) is 0 Å². The van der Waals surface area contributed by atoms with Crippen molar-refractivity contribution < 1.29 is 22.4 Å². The number of rotatable bonds is 2. The normalized spacial score (nSPS) is 11.4. The average molecular weight is 282 g/mol. The lowest BCUT2D eigenvalue weighted by atomic mass is 9.98. The van der Waals surface area contributed by atoms with Gasteiger partial charge in [-0.25, -0.2) is 4.39 Å². The van der Waals surface area contributed by atoms with E-state index < -0.39 is 23.3 Å². The summed E-state index contributed by atoms with van der Waals surface area (Å²) in [5.74, 6) is -1.07. The molecule has 0 fully saturated rings. The minimum Gasteiger partial charge on any atom is -0.289 e. The van der Waals surface area contributed by atoms with Crippen molar-refractivity contribution >= 4 is 5.78 Å². The highest BCUT2D eigenvalue weighted by Crippen LogP contribution is 2.29. The highest BCUT2D eigenvalue weighted by atomic mass is 19.4. The molecule has 0 saturated heterocycles. The van der Waals surface area contributed by atoms with Gasteiger partial charge in [0.1, 0.15) is 5.82 Å². The zero-order chi connectivity index (χ0) is 14.9. The smallest absolute Gasteiger partial charge is 0.289 e. The van der Waals surface area contributed by atoms with E-state index in [9.17, 15) is 22.4 Å². The predicted octanol–water partition coefficient (Wildman–Crippen LogP) is 4.38. The molecule has 104 valence electrons. The summed E-state index contributed by atoms with van der Waals surface area (Å²) in [6.45, 7) is 1.64. The lowest BCUT2D eigenvalue weighted by molar-refractivity contribution is -0.137. The molecule has 5 heteroatoms. The molecule has 0 aliphatic rings. The van der Waals surface area contributed by atoms with Crippen LogP contribution in [0.4, 0.5) is 17.6 Å². The van der Waals surface area contributed by atoms with E-state index in [-0.39, 0.29) is 11.1 Å². The van der Waals surface area contributed by atoms with E-state index in [1.165, 1.54) is 12.1 Å². The summed E-state index contributed by atoms with van der Waals surface area (Å²) in [6.07, 6.45) is -4.45. The number of carbonyl (C=O) groups is 1. The molecule has 1 nitrogen and oxygen atoms in total. The lowest BCUT2D eigenvalue weighted by Crippen LogP contribution is -2.07. The second-order valence-electron chi connectivity index (χ2n) is 4.36. The van der Waals surface area contributed by atoms with Crippen LogP contribution in [0.1, 0.15) is 27.0 Å². The van der Waals surface area contributed by atoms with Crippen LogP contribution in [0, 0.1) is 12.7 Å². The van der Waals surface area contributed by atoms with E-state index in [0.29, 0.717) is 5.56 Å². The summed E-state index contributed by atoms with van der Waals surface area (Å²) in [4.78, 5) is 12.1. The number of benzene rings is 2. The Bertz CT molecular complexity index is 642. The standard InChI is InChI=1S/C15H10F4O/c1-9-2-7-12(16)8-13(9)14(20)10-3-5-11(6-4-10)15(17,18)19/h2-8H,1H3. The van der Waals surface area contributed by atoms with Crippen molar-refractivity contribution in [3.8, 4) is 0 Å². The summed E-state index contributed by atoms with van der Waals surface area (Å²) < 4.78 is 50.4. The molecule has 0 radical (unpaired) electrons. The summed E-state index contributed by atoms with van der Waals surface area (Å²) >= 11 is 0.